The van der Waals surface area contributed by atoms with Gasteiger partial charge < -0.3 is 10.6 Å². The monoisotopic (exact) mass is 418 g/mol. The minimum Gasteiger partial charge on any atom is -0.360 e. The molecule has 0 aliphatic heterocycles. The summed E-state index contributed by atoms with van der Waals surface area (Å²) in [7, 11) is 0. The summed E-state index contributed by atoms with van der Waals surface area (Å²) < 4.78 is 0.762. The predicted octanol–water partition coefficient (Wildman–Crippen LogP) is 5.02. The predicted molar refractivity (Wildman–Crippen MR) is 107 cm³/mol. The molecule has 0 unspecified atom stereocenters. The SMILES string of the molecule is CCCNc1nnc(S[C@H](C)C(=O)N[C@H](C)c2ccc(Cl)cc2Cl)s1. The Morgan fingerprint density at radius 3 is 2.76 bits per heavy atom. The lowest BCUT2D eigenvalue weighted by Crippen LogP contribution is -2.33. The molecule has 2 atom stereocenters. The van der Waals surface area contributed by atoms with Crippen LogP contribution in [0.15, 0.2) is 22.5 Å². The molecule has 2 rings (SSSR count). The second-order valence-electron chi connectivity index (χ2n) is 5.46. The molecule has 0 saturated carbocycles. The largest absolute Gasteiger partial charge is 0.360 e. The van der Waals surface area contributed by atoms with Crippen molar-refractivity contribution in [1.82, 2.24) is 15.5 Å². The molecule has 5 nitrogen and oxygen atoms in total. The van der Waals surface area contributed by atoms with Crippen LogP contribution in [0, 0.1) is 0 Å². The molecule has 25 heavy (non-hydrogen) atoms. The zero-order valence-corrected chi connectivity index (χ0v) is 17.3. The fourth-order valence-electron chi connectivity index (χ4n) is 2.03. The highest BCUT2D eigenvalue weighted by Gasteiger charge is 2.20. The summed E-state index contributed by atoms with van der Waals surface area (Å²) >= 11 is 14.9. The average Bonchev–Trinajstić information content (AvgIpc) is 3.00. The van der Waals surface area contributed by atoms with Crippen LogP contribution in [0.5, 0.6) is 0 Å². The first kappa shape index (κ1) is 20.3. The average molecular weight is 419 g/mol. The van der Waals surface area contributed by atoms with Crippen LogP contribution < -0.4 is 10.6 Å². The third-order valence-electron chi connectivity index (χ3n) is 3.37. The number of anilines is 1. The highest BCUT2D eigenvalue weighted by molar-refractivity contribution is 8.02. The number of hydrogen-bond donors (Lipinski definition) is 2. The maximum atomic E-state index is 12.4. The van der Waals surface area contributed by atoms with Crippen LogP contribution >= 0.6 is 46.3 Å². The van der Waals surface area contributed by atoms with E-state index in [1.165, 1.54) is 23.1 Å². The van der Waals surface area contributed by atoms with Gasteiger partial charge in [0.2, 0.25) is 11.0 Å². The van der Waals surface area contributed by atoms with Gasteiger partial charge in [-0.3, -0.25) is 4.79 Å². The maximum absolute atomic E-state index is 12.4. The van der Waals surface area contributed by atoms with Gasteiger partial charge in [-0.05, 0) is 38.0 Å². The first-order chi connectivity index (χ1) is 11.9. The van der Waals surface area contributed by atoms with E-state index in [1.54, 1.807) is 12.1 Å². The zero-order valence-electron chi connectivity index (χ0n) is 14.2. The summed E-state index contributed by atoms with van der Waals surface area (Å²) in [5, 5.41) is 15.9. The van der Waals surface area contributed by atoms with Gasteiger partial charge in [0.25, 0.3) is 0 Å². The Morgan fingerprint density at radius 1 is 1.32 bits per heavy atom. The molecule has 0 bridgehead atoms. The minimum atomic E-state index is -0.291. The van der Waals surface area contributed by atoms with Crippen LogP contribution in [0.1, 0.15) is 38.8 Å². The van der Waals surface area contributed by atoms with Crippen LogP contribution in [0.25, 0.3) is 0 Å². The van der Waals surface area contributed by atoms with Crippen molar-refractivity contribution in [3.05, 3.63) is 33.8 Å². The third kappa shape index (κ3) is 6.02. The number of rotatable bonds is 8. The smallest absolute Gasteiger partial charge is 0.233 e. The van der Waals surface area contributed by atoms with Gasteiger partial charge in [0, 0.05) is 16.6 Å². The summed E-state index contributed by atoms with van der Waals surface area (Å²) in [5.41, 5.74) is 0.832. The molecule has 136 valence electrons. The van der Waals surface area contributed by atoms with Gasteiger partial charge in [-0.15, -0.1) is 10.2 Å². The summed E-state index contributed by atoms with van der Waals surface area (Å²) in [6.07, 6.45) is 1.02. The first-order valence-electron chi connectivity index (χ1n) is 7.90. The maximum Gasteiger partial charge on any atom is 0.233 e. The van der Waals surface area contributed by atoms with Crippen LogP contribution in [0.3, 0.4) is 0 Å². The molecule has 0 spiro atoms. The zero-order chi connectivity index (χ0) is 18.4. The van der Waals surface area contributed by atoms with Gasteiger partial charge in [-0.25, -0.2) is 0 Å². The second kappa shape index (κ2) is 9.62. The number of hydrogen-bond acceptors (Lipinski definition) is 6. The Labute approximate surface area is 165 Å². The number of aromatic nitrogens is 2. The van der Waals surface area contributed by atoms with E-state index in [-0.39, 0.29) is 17.2 Å². The molecule has 0 aliphatic rings. The van der Waals surface area contributed by atoms with E-state index in [4.69, 9.17) is 23.2 Å². The van der Waals surface area contributed by atoms with E-state index in [9.17, 15) is 4.79 Å². The van der Waals surface area contributed by atoms with Crippen LogP contribution in [-0.2, 0) is 4.79 Å². The fraction of sp³-hybridized carbons (Fsp3) is 0.438. The standard InChI is InChI=1S/C16H20Cl2N4OS2/c1-4-7-19-15-21-22-16(25-15)24-10(3)14(23)20-9(2)12-6-5-11(17)8-13(12)18/h5-6,8-10H,4,7H2,1-3H3,(H,19,21)(H,20,23)/t9-,10-/m1/s1. The number of thioether (sulfide) groups is 1. The lowest BCUT2D eigenvalue weighted by molar-refractivity contribution is -0.120. The van der Waals surface area contributed by atoms with Gasteiger partial charge in [-0.2, -0.15) is 0 Å². The normalized spacial score (nSPS) is 13.3. The summed E-state index contributed by atoms with van der Waals surface area (Å²) in [4.78, 5) is 12.4. The molecule has 1 aromatic heterocycles. The van der Waals surface area contributed by atoms with E-state index in [0.717, 1.165) is 28.0 Å². The Morgan fingerprint density at radius 2 is 2.08 bits per heavy atom. The van der Waals surface area contributed by atoms with E-state index >= 15 is 0 Å². The molecule has 0 fully saturated rings. The summed E-state index contributed by atoms with van der Waals surface area (Å²) in [5.74, 6) is -0.0817. The van der Waals surface area contributed by atoms with E-state index in [0.29, 0.717) is 10.0 Å². The van der Waals surface area contributed by atoms with Crippen molar-refractivity contribution in [1.29, 1.82) is 0 Å². The molecule has 9 heteroatoms. The molecule has 0 saturated heterocycles. The molecule has 2 N–H and O–H groups in total. The Kier molecular flexibility index (Phi) is 7.81. The molecule has 0 aliphatic carbocycles. The second-order valence-corrected chi connectivity index (χ2v) is 8.87. The van der Waals surface area contributed by atoms with Crippen molar-refractivity contribution in [3.8, 4) is 0 Å². The van der Waals surface area contributed by atoms with Crippen molar-refractivity contribution in [2.75, 3.05) is 11.9 Å². The number of nitrogens with one attached hydrogen (secondary N) is 2. The van der Waals surface area contributed by atoms with E-state index in [1.807, 2.05) is 19.9 Å². The highest BCUT2D eigenvalue weighted by atomic mass is 35.5. The number of carbonyl (C=O) groups excluding carboxylic acids is 1. The minimum absolute atomic E-state index is 0.0817. The summed E-state index contributed by atoms with van der Waals surface area (Å²) in [6, 6.07) is 5.04. The molecule has 1 amide bonds. The van der Waals surface area contributed by atoms with Crippen molar-refractivity contribution in [3.63, 3.8) is 0 Å². The molecular weight excluding hydrogens is 399 g/mol. The fourth-order valence-corrected chi connectivity index (χ4v) is 4.53. The molecule has 1 aromatic carbocycles. The van der Waals surface area contributed by atoms with Gasteiger partial charge in [0.15, 0.2) is 4.34 Å². The highest BCUT2D eigenvalue weighted by Crippen LogP contribution is 2.30. The lowest BCUT2D eigenvalue weighted by Gasteiger charge is -2.18. The van der Waals surface area contributed by atoms with Crippen molar-refractivity contribution < 1.29 is 4.79 Å². The van der Waals surface area contributed by atoms with Crippen LogP contribution in [-0.4, -0.2) is 27.9 Å². The summed E-state index contributed by atoms with van der Waals surface area (Å²) in [6.45, 7) is 6.68. The van der Waals surface area contributed by atoms with Gasteiger partial charge in [-0.1, -0.05) is 59.3 Å². The van der Waals surface area contributed by atoms with Crippen LogP contribution in [0.4, 0.5) is 5.13 Å². The quantitative estimate of drug-likeness (QED) is 0.588. The lowest BCUT2D eigenvalue weighted by atomic mass is 10.1. The Hall–Kier alpha value is -1.02. The number of carbonyl (C=O) groups is 1. The van der Waals surface area contributed by atoms with Crippen molar-refractivity contribution in [2.24, 2.45) is 0 Å². The number of nitrogens with zero attached hydrogens (tertiary/aromatic N) is 2. The van der Waals surface area contributed by atoms with Gasteiger partial charge in [0.05, 0.1) is 11.3 Å². The number of amides is 1. The Bertz CT molecular complexity index is 726. The number of benzene rings is 1. The third-order valence-corrected chi connectivity index (χ3v) is 5.99. The molecule has 0 radical (unpaired) electrons. The van der Waals surface area contributed by atoms with E-state index in [2.05, 4.69) is 27.8 Å². The van der Waals surface area contributed by atoms with Gasteiger partial charge in [0.1, 0.15) is 0 Å². The molecule has 1 heterocycles. The van der Waals surface area contributed by atoms with Crippen LogP contribution in [0.2, 0.25) is 10.0 Å². The molecule has 2 aromatic rings. The molecular formula is C16H20Cl2N4OS2. The van der Waals surface area contributed by atoms with Gasteiger partial charge >= 0.3 is 0 Å². The van der Waals surface area contributed by atoms with E-state index < -0.39 is 0 Å². The Balaban J connectivity index is 1.92. The first-order valence-corrected chi connectivity index (χ1v) is 10.3. The van der Waals surface area contributed by atoms with Crippen molar-refractivity contribution >= 4 is 57.3 Å². The number of halogens is 2. The topological polar surface area (TPSA) is 66.9 Å². The van der Waals surface area contributed by atoms with Crippen molar-refractivity contribution in [2.45, 2.75) is 42.8 Å².